The average Bonchev–Trinajstić information content (AvgIpc) is 2.62. The summed E-state index contributed by atoms with van der Waals surface area (Å²) in [5, 5.41) is 5.58. The molecule has 128 valence electrons. The van der Waals surface area contributed by atoms with Crippen molar-refractivity contribution in [2.75, 3.05) is 33.2 Å². The third-order valence-electron chi connectivity index (χ3n) is 3.52. The van der Waals surface area contributed by atoms with E-state index in [2.05, 4.69) is 10.6 Å². The number of carbonyl (C=O) groups excluding carboxylic acids is 1. The fourth-order valence-electron chi connectivity index (χ4n) is 2.24. The lowest BCUT2D eigenvalue weighted by Gasteiger charge is -2.14. The lowest BCUT2D eigenvalue weighted by molar-refractivity contribution is 0.252. The number of hydrogen-bond donors (Lipinski definition) is 2. The molecule has 2 amide bonds. The average molecular weight is 330 g/mol. The fraction of sp³-hybridized carbons (Fsp3) is 0.278. The molecule has 0 aromatic heterocycles. The van der Waals surface area contributed by atoms with Crippen LogP contribution in [0.4, 0.5) is 10.5 Å². The first-order chi connectivity index (χ1) is 11.7. The third kappa shape index (κ3) is 4.55. The van der Waals surface area contributed by atoms with Gasteiger partial charge in [-0.1, -0.05) is 18.2 Å². The Morgan fingerprint density at radius 3 is 2.08 bits per heavy atom. The van der Waals surface area contributed by atoms with Crippen molar-refractivity contribution < 1.29 is 19.0 Å². The third-order valence-corrected chi connectivity index (χ3v) is 3.52. The zero-order valence-corrected chi connectivity index (χ0v) is 14.1. The Kier molecular flexibility index (Phi) is 6.31. The van der Waals surface area contributed by atoms with Crippen LogP contribution in [0.5, 0.6) is 17.2 Å². The summed E-state index contributed by atoms with van der Waals surface area (Å²) in [6.45, 7) is 0.510. The van der Waals surface area contributed by atoms with Gasteiger partial charge >= 0.3 is 6.03 Å². The summed E-state index contributed by atoms with van der Waals surface area (Å²) < 4.78 is 15.6. The Morgan fingerprint density at radius 1 is 0.917 bits per heavy atom. The van der Waals surface area contributed by atoms with E-state index in [-0.39, 0.29) is 6.03 Å². The van der Waals surface area contributed by atoms with Crippen molar-refractivity contribution in [3.05, 3.63) is 48.0 Å². The molecule has 0 radical (unpaired) electrons. The Hall–Kier alpha value is -2.89. The molecule has 0 spiro atoms. The van der Waals surface area contributed by atoms with Gasteiger partial charge in [0, 0.05) is 6.54 Å². The van der Waals surface area contributed by atoms with Crippen molar-refractivity contribution in [1.82, 2.24) is 5.32 Å². The quantitative estimate of drug-likeness (QED) is 0.818. The molecule has 24 heavy (non-hydrogen) atoms. The molecule has 6 nitrogen and oxygen atoms in total. The maximum atomic E-state index is 12.1. The van der Waals surface area contributed by atoms with Crippen LogP contribution < -0.4 is 24.8 Å². The lowest BCUT2D eigenvalue weighted by atomic mass is 10.1. The predicted molar refractivity (Wildman–Crippen MR) is 93.3 cm³/mol. The summed E-state index contributed by atoms with van der Waals surface area (Å²) in [5.41, 5.74) is 1.62. The standard InChI is InChI=1S/C18H22N2O4/c1-22-14-9-7-13(8-10-14)11-12-19-18(21)20-17-15(23-2)5-4-6-16(17)24-3/h4-10H,11-12H2,1-3H3,(H2,19,20,21). The number of rotatable bonds is 7. The van der Waals surface area contributed by atoms with Crippen LogP contribution in [0.3, 0.4) is 0 Å². The number of amides is 2. The Morgan fingerprint density at radius 2 is 1.54 bits per heavy atom. The number of anilines is 1. The van der Waals surface area contributed by atoms with E-state index in [0.29, 0.717) is 23.7 Å². The highest BCUT2D eigenvalue weighted by Gasteiger charge is 2.12. The fourth-order valence-corrected chi connectivity index (χ4v) is 2.24. The lowest BCUT2D eigenvalue weighted by Crippen LogP contribution is -2.30. The van der Waals surface area contributed by atoms with Gasteiger partial charge in [0.2, 0.25) is 0 Å². The molecule has 2 aromatic carbocycles. The summed E-state index contributed by atoms with van der Waals surface area (Å²) in [6.07, 6.45) is 0.723. The minimum Gasteiger partial charge on any atom is -0.497 e. The van der Waals surface area contributed by atoms with E-state index in [0.717, 1.165) is 17.7 Å². The summed E-state index contributed by atoms with van der Waals surface area (Å²) in [7, 11) is 4.72. The molecule has 2 rings (SSSR count). The van der Waals surface area contributed by atoms with Crippen LogP contribution in [0.2, 0.25) is 0 Å². The number of ether oxygens (including phenoxy) is 3. The Bertz CT molecular complexity index is 649. The van der Waals surface area contributed by atoms with E-state index in [1.165, 1.54) is 0 Å². The van der Waals surface area contributed by atoms with Crippen LogP contribution in [-0.4, -0.2) is 33.9 Å². The molecular formula is C18H22N2O4. The molecule has 0 aliphatic rings. The zero-order chi connectivity index (χ0) is 17.4. The SMILES string of the molecule is COc1ccc(CCNC(=O)Nc2c(OC)cccc2OC)cc1. The number of urea groups is 1. The Labute approximate surface area is 141 Å². The number of carbonyl (C=O) groups is 1. The van der Waals surface area contributed by atoms with E-state index >= 15 is 0 Å². The van der Waals surface area contributed by atoms with E-state index in [9.17, 15) is 4.79 Å². The molecule has 0 bridgehead atoms. The first-order valence-electron chi connectivity index (χ1n) is 7.56. The van der Waals surface area contributed by atoms with E-state index in [1.807, 2.05) is 24.3 Å². The van der Waals surface area contributed by atoms with Crippen LogP contribution in [0.15, 0.2) is 42.5 Å². The van der Waals surface area contributed by atoms with Crippen LogP contribution in [0.1, 0.15) is 5.56 Å². The van der Waals surface area contributed by atoms with E-state index in [1.54, 1.807) is 39.5 Å². The normalized spacial score (nSPS) is 9.96. The van der Waals surface area contributed by atoms with Gasteiger partial charge in [0.1, 0.15) is 22.9 Å². The molecule has 6 heteroatoms. The second kappa shape index (κ2) is 8.67. The molecule has 0 saturated heterocycles. The van der Waals surface area contributed by atoms with Crippen LogP contribution in [-0.2, 0) is 6.42 Å². The number of para-hydroxylation sites is 1. The second-order valence-corrected chi connectivity index (χ2v) is 5.02. The molecule has 0 fully saturated rings. The summed E-state index contributed by atoms with van der Waals surface area (Å²) in [5.74, 6) is 1.90. The number of methoxy groups -OCH3 is 3. The van der Waals surface area contributed by atoms with Gasteiger partial charge in [-0.2, -0.15) is 0 Å². The highest BCUT2D eigenvalue weighted by molar-refractivity contribution is 5.92. The van der Waals surface area contributed by atoms with Gasteiger partial charge in [0.05, 0.1) is 21.3 Å². The molecule has 0 atom stereocenters. The molecule has 0 heterocycles. The van der Waals surface area contributed by atoms with Gasteiger partial charge in [-0.05, 0) is 36.2 Å². The summed E-state index contributed by atoms with van der Waals surface area (Å²) in [4.78, 5) is 12.1. The molecule has 0 aliphatic heterocycles. The topological polar surface area (TPSA) is 68.8 Å². The number of hydrogen-bond acceptors (Lipinski definition) is 4. The Balaban J connectivity index is 1.89. The molecule has 0 saturated carbocycles. The first-order valence-corrected chi connectivity index (χ1v) is 7.56. The molecule has 2 aromatic rings. The first kappa shape index (κ1) is 17.5. The molecule has 0 aliphatic carbocycles. The molecule has 2 N–H and O–H groups in total. The maximum absolute atomic E-state index is 12.1. The van der Waals surface area contributed by atoms with Gasteiger partial charge in [-0.25, -0.2) is 4.79 Å². The van der Waals surface area contributed by atoms with Crippen LogP contribution >= 0.6 is 0 Å². The van der Waals surface area contributed by atoms with E-state index < -0.39 is 0 Å². The van der Waals surface area contributed by atoms with Crippen molar-refractivity contribution in [2.24, 2.45) is 0 Å². The summed E-state index contributed by atoms with van der Waals surface area (Å²) >= 11 is 0. The largest absolute Gasteiger partial charge is 0.497 e. The second-order valence-electron chi connectivity index (χ2n) is 5.02. The number of benzene rings is 2. The smallest absolute Gasteiger partial charge is 0.319 e. The minimum absolute atomic E-state index is 0.314. The van der Waals surface area contributed by atoms with Gasteiger partial charge < -0.3 is 24.8 Å². The summed E-state index contributed by atoms with van der Waals surface area (Å²) in [6, 6.07) is 12.7. The van der Waals surface area contributed by atoms with Crippen LogP contribution in [0.25, 0.3) is 0 Å². The van der Waals surface area contributed by atoms with Crippen molar-refractivity contribution in [2.45, 2.75) is 6.42 Å². The van der Waals surface area contributed by atoms with Crippen molar-refractivity contribution in [1.29, 1.82) is 0 Å². The van der Waals surface area contributed by atoms with Crippen molar-refractivity contribution >= 4 is 11.7 Å². The predicted octanol–water partition coefficient (Wildman–Crippen LogP) is 3.08. The maximum Gasteiger partial charge on any atom is 0.319 e. The molecular weight excluding hydrogens is 308 g/mol. The van der Waals surface area contributed by atoms with Crippen molar-refractivity contribution in [3.8, 4) is 17.2 Å². The van der Waals surface area contributed by atoms with E-state index in [4.69, 9.17) is 14.2 Å². The highest BCUT2D eigenvalue weighted by atomic mass is 16.5. The van der Waals surface area contributed by atoms with Gasteiger partial charge in [-0.3, -0.25) is 0 Å². The van der Waals surface area contributed by atoms with Crippen molar-refractivity contribution in [3.63, 3.8) is 0 Å². The van der Waals surface area contributed by atoms with Gasteiger partial charge in [-0.15, -0.1) is 0 Å². The van der Waals surface area contributed by atoms with Gasteiger partial charge in [0.25, 0.3) is 0 Å². The van der Waals surface area contributed by atoms with Crippen LogP contribution in [0, 0.1) is 0 Å². The monoisotopic (exact) mass is 330 g/mol. The number of nitrogens with one attached hydrogen (secondary N) is 2. The zero-order valence-electron chi connectivity index (χ0n) is 14.1. The van der Waals surface area contributed by atoms with Gasteiger partial charge in [0.15, 0.2) is 0 Å². The minimum atomic E-state index is -0.314. The highest BCUT2D eigenvalue weighted by Crippen LogP contribution is 2.33. The molecule has 0 unspecified atom stereocenters.